The zero-order valence-corrected chi connectivity index (χ0v) is 19.8. The van der Waals surface area contributed by atoms with Crippen molar-refractivity contribution in [3.63, 3.8) is 0 Å². The Hall–Kier alpha value is -3.56. The van der Waals surface area contributed by atoms with Gasteiger partial charge in [0.05, 0.1) is 7.11 Å². The van der Waals surface area contributed by atoms with Gasteiger partial charge in [-0.25, -0.2) is 15.0 Å². The zero-order chi connectivity index (χ0) is 23.4. The molecule has 2 N–H and O–H groups in total. The van der Waals surface area contributed by atoms with Crippen LogP contribution in [0.1, 0.15) is 18.1 Å². The molecule has 0 aliphatic heterocycles. The SMILES string of the molecule is COC(=O)C(C)NCc1ccc(Nc2nc3ccc(N(C)c4ccc(C)cc4)nc3s2)nc1. The van der Waals surface area contributed by atoms with Gasteiger partial charge < -0.3 is 20.3 Å². The van der Waals surface area contributed by atoms with Gasteiger partial charge in [0.1, 0.15) is 28.0 Å². The molecular weight excluding hydrogens is 436 g/mol. The predicted octanol–water partition coefficient (Wildman–Crippen LogP) is 4.56. The minimum Gasteiger partial charge on any atom is -0.468 e. The Kier molecular flexibility index (Phi) is 6.81. The molecule has 170 valence electrons. The van der Waals surface area contributed by atoms with Crippen LogP contribution >= 0.6 is 11.3 Å². The lowest BCUT2D eigenvalue weighted by Gasteiger charge is -2.18. The van der Waals surface area contributed by atoms with E-state index in [1.807, 2.05) is 31.3 Å². The van der Waals surface area contributed by atoms with Crippen molar-refractivity contribution in [1.82, 2.24) is 20.3 Å². The average molecular weight is 463 g/mol. The van der Waals surface area contributed by atoms with Crippen LogP contribution in [0.5, 0.6) is 0 Å². The Morgan fingerprint density at radius 3 is 2.61 bits per heavy atom. The van der Waals surface area contributed by atoms with E-state index in [1.165, 1.54) is 24.0 Å². The molecule has 0 radical (unpaired) electrons. The molecule has 0 spiro atoms. The molecule has 9 heteroatoms. The van der Waals surface area contributed by atoms with Gasteiger partial charge in [-0.15, -0.1) is 0 Å². The highest BCUT2D eigenvalue weighted by molar-refractivity contribution is 7.21. The summed E-state index contributed by atoms with van der Waals surface area (Å²) in [5, 5.41) is 7.08. The number of rotatable bonds is 8. The predicted molar refractivity (Wildman–Crippen MR) is 132 cm³/mol. The lowest BCUT2D eigenvalue weighted by molar-refractivity contribution is -0.142. The molecule has 1 atom stereocenters. The van der Waals surface area contributed by atoms with E-state index in [1.54, 1.807) is 13.1 Å². The van der Waals surface area contributed by atoms with Gasteiger partial charge in [-0.1, -0.05) is 35.1 Å². The summed E-state index contributed by atoms with van der Waals surface area (Å²) >= 11 is 1.48. The van der Waals surface area contributed by atoms with E-state index in [0.29, 0.717) is 12.4 Å². The number of esters is 1. The Morgan fingerprint density at radius 1 is 1.12 bits per heavy atom. The van der Waals surface area contributed by atoms with Gasteiger partial charge in [0.25, 0.3) is 0 Å². The molecule has 0 saturated carbocycles. The lowest BCUT2D eigenvalue weighted by Crippen LogP contribution is -2.34. The number of anilines is 4. The monoisotopic (exact) mass is 462 g/mol. The Labute approximate surface area is 196 Å². The van der Waals surface area contributed by atoms with Crippen LogP contribution in [0.2, 0.25) is 0 Å². The van der Waals surface area contributed by atoms with Crippen molar-refractivity contribution >= 4 is 50.1 Å². The highest BCUT2D eigenvalue weighted by Gasteiger charge is 2.13. The maximum Gasteiger partial charge on any atom is 0.322 e. The number of hydrogen-bond donors (Lipinski definition) is 2. The maximum absolute atomic E-state index is 11.5. The summed E-state index contributed by atoms with van der Waals surface area (Å²) in [4.78, 5) is 28.3. The van der Waals surface area contributed by atoms with E-state index < -0.39 is 0 Å². The number of methoxy groups -OCH3 is 1. The van der Waals surface area contributed by atoms with Crippen molar-refractivity contribution in [2.45, 2.75) is 26.4 Å². The molecule has 3 heterocycles. The third kappa shape index (κ3) is 5.44. The standard InChI is InChI=1S/C24H26N6O2S/c1-15-5-8-18(9-6-15)30(3)21-12-10-19-22(29-21)33-24(27-19)28-20-11-7-17(14-26-20)13-25-16(2)23(31)32-4/h5-12,14,16,25H,13H2,1-4H3,(H,26,27,28). The van der Waals surface area contributed by atoms with E-state index in [0.717, 1.165) is 32.5 Å². The molecule has 0 amide bonds. The third-order valence-corrected chi connectivity index (χ3v) is 6.11. The van der Waals surface area contributed by atoms with Crippen molar-refractivity contribution in [2.24, 2.45) is 0 Å². The van der Waals surface area contributed by atoms with Gasteiger partial charge in [0, 0.05) is 25.5 Å². The summed E-state index contributed by atoms with van der Waals surface area (Å²) in [5.74, 6) is 1.26. The van der Waals surface area contributed by atoms with Gasteiger partial charge in [0.2, 0.25) is 0 Å². The zero-order valence-electron chi connectivity index (χ0n) is 19.0. The van der Waals surface area contributed by atoms with E-state index >= 15 is 0 Å². The van der Waals surface area contributed by atoms with Crippen molar-refractivity contribution in [2.75, 3.05) is 24.4 Å². The molecule has 0 fully saturated rings. The van der Waals surface area contributed by atoms with Crippen LogP contribution in [0.4, 0.5) is 22.5 Å². The molecule has 33 heavy (non-hydrogen) atoms. The number of pyridine rings is 2. The van der Waals surface area contributed by atoms with Crippen molar-refractivity contribution < 1.29 is 9.53 Å². The summed E-state index contributed by atoms with van der Waals surface area (Å²) in [6, 6.07) is 15.8. The second-order valence-corrected chi connectivity index (χ2v) is 8.69. The number of ether oxygens (including phenoxy) is 1. The number of aryl methyl sites for hydroxylation is 1. The van der Waals surface area contributed by atoms with E-state index in [-0.39, 0.29) is 12.0 Å². The Balaban J connectivity index is 1.42. The number of benzene rings is 1. The molecule has 0 aliphatic rings. The lowest BCUT2D eigenvalue weighted by atomic mass is 10.2. The van der Waals surface area contributed by atoms with Crippen molar-refractivity contribution in [1.29, 1.82) is 0 Å². The number of nitrogens with zero attached hydrogens (tertiary/aromatic N) is 4. The molecule has 8 nitrogen and oxygen atoms in total. The van der Waals surface area contributed by atoms with Crippen molar-refractivity contribution in [3.8, 4) is 0 Å². The molecule has 0 aliphatic carbocycles. The Morgan fingerprint density at radius 2 is 1.91 bits per heavy atom. The fourth-order valence-electron chi connectivity index (χ4n) is 3.19. The van der Waals surface area contributed by atoms with Crippen LogP contribution in [0.15, 0.2) is 54.7 Å². The summed E-state index contributed by atoms with van der Waals surface area (Å²) < 4.78 is 4.72. The molecule has 3 aromatic heterocycles. The maximum atomic E-state index is 11.5. The summed E-state index contributed by atoms with van der Waals surface area (Å²) in [7, 11) is 3.38. The second kappa shape index (κ2) is 9.93. The fraction of sp³-hybridized carbons (Fsp3) is 0.250. The molecule has 0 bridgehead atoms. The number of carbonyl (C=O) groups excluding carboxylic acids is 1. The number of fused-ring (bicyclic) bond motifs is 1. The average Bonchev–Trinajstić information content (AvgIpc) is 3.24. The van der Waals surface area contributed by atoms with Gasteiger partial charge in [0.15, 0.2) is 5.13 Å². The first-order valence-corrected chi connectivity index (χ1v) is 11.4. The second-order valence-electron chi connectivity index (χ2n) is 7.71. The number of thiazole rings is 1. The highest BCUT2D eigenvalue weighted by atomic mass is 32.1. The molecule has 1 unspecified atom stereocenters. The smallest absolute Gasteiger partial charge is 0.322 e. The first-order chi connectivity index (χ1) is 15.9. The molecule has 0 saturated heterocycles. The number of aromatic nitrogens is 3. The first kappa shape index (κ1) is 22.6. The normalized spacial score (nSPS) is 11.9. The Bertz CT molecular complexity index is 1240. The molecular formula is C24H26N6O2S. The highest BCUT2D eigenvalue weighted by Crippen LogP contribution is 2.30. The van der Waals surface area contributed by atoms with Crippen LogP contribution in [0.25, 0.3) is 10.3 Å². The minimum absolute atomic E-state index is 0.293. The van der Waals surface area contributed by atoms with Crippen LogP contribution in [0.3, 0.4) is 0 Å². The van der Waals surface area contributed by atoms with Gasteiger partial charge in [-0.05, 0) is 49.7 Å². The first-order valence-electron chi connectivity index (χ1n) is 10.5. The number of hydrogen-bond acceptors (Lipinski definition) is 9. The van der Waals surface area contributed by atoms with E-state index in [2.05, 4.69) is 56.7 Å². The summed E-state index contributed by atoms with van der Waals surface area (Å²) in [5.41, 5.74) is 4.10. The summed E-state index contributed by atoms with van der Waals surface area (Å²) in [6.45, 7) is 4.36. The van der Waals surface area contributed by atoms with E-state index in [9.17, 15) is 4.79 Å². The van der Waals surface area contributed by atoms with Crippen LogP contribution in [-0.2, 0) is 16.1 Å². The molecule has 1 aromatic carbocycles. The van der Waals surface area contributed by atoms with E-state index in [4.69, 9.17) is 9.72 Å². The van der Waals surface area contributed by atoms with Crippen LogP contribution in [0, 0.1) is 6.92 Å². The largest absolute Gasteiger partial charge is 0.468 e. The molecule has 4 rings (SSSR count). The quantitative estimate of drug-likeness (QED) is 0.368. The third-order valence-electron chi connectivity index (χ3n) is 5.23. The fourth-order valence-corrected chi connectivity index (χ4v) is 4.03. The minimum atomic E-state index is -0.377. The van der Waals surface area contributed by atoms with Gasteiger partial charge in [-0.3, -0.25) is 4.79 Å². The topological polar surface area (TPSA) is 92.3 Å². The number of carbonyl (C=O) groups is 1. The van der Waals surface area contributed by atoms with Gasteiger partial charge in [-0.2, -0.15) is 0 Å². The van der Waals surface area contributed by atoms with Crippen LogP contribution in [-0.4, -0.2) is 41.1 Å². The molecule has 4 aromatic rings. The van der Waals surface area contributed by atoms with Crippen molar-refractivity contribution in [3.05, 3.63) is 65.9 Å². The van der Waals surface area contributed by atoms with Gasteiger partial charge >= 0.3 is 5.97 Å². The van der Waals surface area contributed by atoms with Crippen LogP contribution < -0.4 is 15.5 Å². The number of nitrogens with one attached hydrogen (secondary N) is 2. The summed E-state index contributed by atoms with van der Waals surface area (Å²) in [6.07, 6.45) is 1.76.